The number of hydrogen-bond acceptors (Lipinski definition) is 3. The maximum absolute atomic E-state index is 12.6. The maximum Gasteiger partial charge on any atom is 0.325 e. The molecular weight excluding hydrogens is 318 g/mol. The number of urea groups is 1. The first-order valence-corrected chi connectivity index (χ1v) is 8.63. The van der Waals surface area contributed by atoms with Gasteiger partial charge in [-0.1, -0.05) is 31.5 Å². The van der Waals surface area contributed by atoms with Crippen LogP contribution in [0.25, 0.3) is 0 Å². The minimum atomic E-state index is -0.929. The van der Waals surface area contributed by atoms with Crippen LogP contribution in [0.3, 0.4) is 0 Å². The van der Waals surface area contributed by atoms with Gasteiger partial charge in [-0.2, -0.15) is 0 Å². The van der Waals surface area contributed by atoms with Gasteiger partial charge in [0.1, 0.15) is 12.1 Å². The summed E-state index contributed by atoms with van der Waals surface area (Å²) in [6.07, 6.45) is 1.38. The predicted octanol–water partition coefficient (Wildman–Crippen LogP) is 2.99. The van der Waals surface area contributed by atoms with Crippen molar-refractivity contribution in [2.75, 3.05) is 11.9 Å². The van der Waals surface area contributed by atoms with Crippen molar-refractivity contribution < 1.29 is 14.4 Å². The molecule has 1 aliphatic rings. The van der Waals surface area contributed by atoms with Gasteiger partial charge in [0.15, 0.2) is 0 Å². The van der Waals surface area contributed by atoms with E-state index in [1.54, 1.807) is 6.92 Å². The van der Waals surface area contributed by atoms with Crippen molar-refractivity contribution in [1.82, 2.24) is 10.2 Å². The van der Waals surface area contributed by atoms with E-state index in [-0.39, 0.29) is 18.4 Å². The highest BCUT2D eigenvalue weighted by atomic mass is 16.2. The fraction of sp³-hybridized carbons (Fsp3) is 0.526. The second-order valence-electron chi connectivity index (χ2n) is 7.45. The Hall–Kier alpha value is -2.37. The highest BCUT2D eigenvalue weighted by Gasteiger charge is 2.47. The van der Waals surface area contributed by atoms with E-state index in [1.165, 1.54) is 0 Å². The van der Waals surface area contributed by atoms with E-state index in [0.717, 1.165) is 22.4 Å². The molecule has 1 saturated heterocycles. The van der Waals surface area contributed by atoms with E-state index in [1.807, 2.05) is 32.0 Å². The van der Waals surface area contributed by atoms with E-state index in [2.05, 4.69) is 24.5 Å². The molecule has 6 heteroatoms. The van der Waals surface area contributed by atoms with Crippen LogP contribution < -0.4 is 10.6 Å². The number of carbonyl (C=O) groups excluding carboxylic acids is 3. The van der Waals surface area contributed by atoms with Crippen LogP contribution in [-0.2, 0) is 9.59 Å². The first kappa shape index (κ1) is 19.0. The summed E-state index contributed by atoms with van der Waals surface area (Å²) in [5.74, 6) is -0.291. The molecule has 2 N–H and O–H groups in total. The van der Waals surface area contributed by atoms with Crippen LogP contribution >= 0.6 is 0 Å². The van der Waals surface area contributed by atoms with E-state index in [9.17, 15) is 14.4 Å². The smallest absolute Gasteiger partial charge is 0.324 e. The van der Waals surface area contributed by atoms with Crippen molar-refractivity contribution in [3.05, 3.63) is 29.3 Å². The largest absolute Gasteiger partial charge is 0.325 e. The molecule has 0 unspecified atom stereocenters. The van der Waals surface area contributed by atoms with E-state index in [4.69, 9.17) is 0 Å². The van der Waals surface area contributed by atoms with Crippen LogP contribution in [0.5, 0.6) is 0 Å². The summed E-state index contributed by atoms with van der Waals surface area (Å²) in [6, 6.07) is 5.18. The number of anilines is 1. The summed E-state index contributed by atoms with van der Waals surface area (Å²) in [4.78, 5) is 38.1. The molecule has 1 aromatic carbocycles. The van der Waals surface area contributed by atoms with Gasteiger partial charge in [-0.25, -0.2) is 4.79 Å². The van der Waals surface area contributed by atoms with Crippen LogP contribution in [0.1, 0.15) is 44.7 Å². The molecule has 1 heterocycles. The summed E-state index contributed by atoms with van der Waals surface area (Å²) in [6.45, 7) is 9.45. The lowest BCUT2D eigenvalue weighted by Crippen LogP contribution is -2.44. The number of imide groups is 1. The first-order valence-electron chi connectivity index (χ1n) is 8.63. The fourth-order valence-corrected chi connectivity index (χ4v) is 2.92. The lowest BCUT2D eigenvalue weighted by atomic mass is 9.92. The predicted molar refractivity (Wildman–Crippen MR) is 97.3 cm³/mol. The summed E-state index contributed by atoms with van der Waals surface area (Å²) in [5, 5.41) is 5.50. The molecule has 0 spiro atoms. The van der Waals surface area contributed by atoms with E-state index in [0.29, 0.717) is 18.0 Å². The fourth-order valence-electron chi connectivity index (χ4n) is 2.92. The Morgan fingerprint density at radius 3 is 2.56 bits per heavy atom. The Bertz CT molecular complexity index is 699. The van der Waals surface area contributed by atoms with Crippen molar-refractivity contribution in [2.45, 2.75) is 53.0 Å². The van der Waals surface area contributed by atoms with Gasteiger partial charge in [0.2, 0.25) is 5.91 Å². The van der Waals surface area contributed by atoms with Gasteiger partial charge < -0.3 is 10.6 Å². The first-order chi connectivity index (χ1) is 11.6. The van der Waals surface area contributed by atoms with Crippen molar-refractivity contribution in [3.8, 4) is 0 Å². The number of nitrogens with one attached hydrogen (secondary N) is 2. The quantitative estimate of drug-likeness (QED) is 0.778. The highest BCUT2D eigenvalue weighted by Crippen LogP contribution is 2.25. The van der Waals surface area contributed by atoms with Gasteiger partial charge in [-0.15, -0.1) is 0 Å². The monoisotopic (exact) mass is 345 g/mol. The van der Waals surface area contributed by atoms with E-state index >= 15 is 0 Å². The van der Waals surface area contributed by atoms with Crippen LogP contribution in [0, 0.1) is 19.8 Å². The van der Waals surface area contributed by atoms with Crippen LogP contribution in [0.2, 0.25) is 0 Å². The number of nitrogens with zero attached hydrogens (tertiary/aromatic N) is 1. The number of carbonyl (C=O) groups is 3. The maximum atomic E-state index is 12.6. The van der Waals surface area contributed by atoms with Crippen LogP contribution in [-0.4, -0.2) is 34.8 Å². The van der Waals surface area contributed by atoms with Crippen molar-refractivity contribution in [3.63, 3.8) is 0 Å². The third-order valence-corrected chi connectivity index (χ3v) is 4.52. The summed E-state index contributed by atoms with van der Waals surface area (Å²) < 4.78 is 0. The van der Waals surface area contributed by atoms with Gasteiger partial charge >= 0.3 is 6.03 Å². The Balaban J connectivity index is 2.03. The van der Waals surface area contributed by atoms with Crippen molar-refractivity contribution in [1.29, 1.82) is 0 Å². The standard InChI is InChI=1S/C19H27N3O3/c1-12(2)8-9-19(5)17(24)22(18(25)21-19)11-16(23)20-15-7-6-13(3)10-14(15)4/h6-7,10,12H,8-9,11H2,1-5H3,(H,20,23)(H,21,25)/t19-/m1/s1. The van der Waals surface area contributed by atoms with Gasteiger partial charge in [0.05, 0.1) is 0 Å². The Kier molecular flexibility index (Phi) is 5.50. The second-order valence-corrected chi connectivity index (χ2v) is 7.45. The molecule has 1 aliphatic heterocycles. The molecule has 1 fully saturated rings. The Morgan fingerprint density at radius 2 is 1.96 bits per heavy atom. The summed E-state index contributed by atoms with van der Waals surface area (Å²) in [7, 11) is 0. The zero-order valence-electron chi connectivity index (χ0n) is 15.6. The molecule has 0 bridgehead atoms. The van der Waals surface area contributed by atoms with Gasteiger partial charge in [-0.3, -0.25) is 14.5 Å². The van der Waals surface area contributed by atoms with Crippen molar-refractivity contribution in [2.24, 2.45) is 5.92 Å². The van der Waals surface area contributed by atoms with Gasteiger partial charge in [0.25, 0.3) is 5.91 Å². The lowest BCUT2D eigenvalue weighted by molar-refractivity contribution is -0.133. The van der Waals surface area contributed by atoms with Crippen LogP contribution in [0.15, 0.2) is 18.2 Å². The Labute approximate surface area is 149 Å². The minimum Gasteiger partial charge on any atom is -0.324 e. The normalized spacial score (nSPS) is 20.2. The third-order valence-electron chi connectivity index (χ3n) is 4.52. The molecule has 1 aromatic rings. The molecule has 25 heavy (non-hydrogen) atoms. The second kappa shape index (κ2) is 7.25. The average Bonchev–Trinajstić information content (AvgIpc) is 2.72. The molecule has 0 aromatic heterocycles. The summed E-state index contributed by atoms with van der Waals surface area (Å²) >= 11 is 0. The molecule has 4 amide bonds. The SMILES string of the molecule is Cc1ccc(NC(=O)CN2C(=O)N[C@](C)(CCC(C)C)C2=O)c(C)c1. The minimum absolute atomic E-state index is 0.282. The number of aryl methyl sites for hydroxylation is 2. The molecule has 0 saturated carbocycles. The molecule has 0 aliphatic carbocycles. The lowest BCUT2D eigenvalue weighted by Gasteiger charge is -2.22. The molecule has 136 valence electrons. The average molecular weight is 345 g/mol. The number of amides is 4. The molecular formula is C19H27N3O3. The zero-order chi connectivity index (χ0) is 18.8. The highest BCUT2D eigenvalue weighted by molar-refractivity contribution is 6.09. The van der Waals surface area contributed by atoms with Gasteiger partial charge in [-0.05, 0) is 51.2 Å². The zero-order valence-corrected chi connectivity index (χ0v) is 15.6. The topological polar surface area (TPSA) is 78.5 Å². The molecule has 2 rings (SSSR count). The number of benzene rings is 1. The number of rotatable bonds is 6. The molecule has 6 nitrogen and oxygen atoms in total. The number of hydrogen-bond donors (Lipinski definition) is 2. The molecule has 1 atom stereocenters. The van der Waals surface area contributed by atoms with Gasteiger partial charge in [0, 0.05) is 5.69 Å². The third kappa shape index (κ3) is 4.38. The molecule has 0 radical (unpaired) electrons. The van der Waals surface area contributed by atoms with Crippen molar-refractivity contribution >= 4 is 23.5 Å². The van der Waals surface area contributed by atoms with E-state index < -0.39 is 11.6 Å². The summed E-state index contributed by atoms with van der Waals surface area (Å²) in [5.41, 5.74) is 1.80. The van der Waals surface area contributed by atoms with Crippen LogP contribution in [0.4, 0.5) is 10.5 Å². The Morgan fingerprint density at radius 1 is 1.28 bits per heavy atom.